The standard InChI is InChI=1S/C16H11N3O11/c1-8-25-5-9(28-8)2-17-12(20)18(3-10-6-26-15(23)29-10)14(22)19(13(17)21)4-11-7-27-16(24)30-11/h5-7H,1-4H2. The monoisotopic (exact) mass is 421 g/mol. The zero-order valence-corrected chi connectivity index (χ0v) is 14.9. The Labute approximate surface area is 162 Å². The van der Waals surface area contributed by atoms with Gasteiger partial charge in [0.25, 0.3) is 5.95 Å². The van der Waals surface area contributed by atoms with Crippen molar-refractivity contribution in [3.8, 4) is 0 Å². The minimum atomic E-state index is -1.06. The molecule has 0 aliphatic carbocycles. The van der Waals surface area contributed by atoms with Gasteiger partial charge in [0, 0.05) is 0 Å². The van der Waals surface area contributed by atoms with E-state index in [0.29, 0.717) is 13.7 Å². The lowest BCUT2D eigenvalue weighted by molar-refractivity contribution is 0.183. The van der Waals surface area contributed by atoms with Gasteiger partial charge in [-0.3, -0.25) is 0 Å². The zero-order valence-electron chi connectivity index (χ0n) is 14.9. The Hall–Kier alpha value is -4.49. The molecule has 0 radical (unpaired) electrons. The Kier molecular flexibility index (Phi) is 4.50. The lowest BCUT2D eigenvalue weighted by Crippen LogP contribution is -2.54. The molecular formula is C16H11N3O11. The van der Waals surface area contributed by atoms with Gasteiger partial charge in [-0.1, -0.05) is 0 Å². The molecule has 1 aliphatic rings. The molecule has 0 aromatic carbocycles. The second kappa shape index (κ2) is 7.16. The summed E-state index contributed by atoms with van der Waals surface area (Å²) in [5.41, 5.74) is -3.11. The van der Waals surface area contributed by atoms with E-state index in [1.54, 1.807) is 0 Å². The minimum absolute atomic E-state index is 0.0629. The van der Waals surface area contributed by atoms with Crippen LogP contribution in [0.15, 0.2) is 78.7 Å². The minimum Gasteiger partial charge on any atom is -0.431 e. The molecule has 0 saturated carbocycles. The highest BCUT2D eigenvalue weighted by molar-refractivity contribution is 5.01. The number of nitrogens with zero attached hydrogens (tertiary/aromatic N) is 3. The normalized spacial score (nSPS) is 13.2. The molecule has 3 aromatic heterocycles. The Morgan fingerprint density at radius 2 is 1.20 bits per heavy atom. The molecule has 0 bridgehead atoms. The maximum Gasteiger partial charge on any atom is 0.518 e. The van der Waals surface area contributed by atoms with E-state index in [1.807, 2.05) is 0 Å². The summed E-state index contributed by atoms with van der Waals surface area (Å²) in [6.45, 7) is 2.00. The van der Waals surface area contributed by atoms with Crippen LogP contribution in [-0.2, 0) is 29.1 Å². The van der Waals surface area contributed by atoms with Gasteiger partial charge in [-0.25, -0.2) is 37.7 Å². The van der Waals surface area contributed by atoms with Gasteiger partial charge < -0.3 is 27.1 Å². The molecule has 156 valence electrons. The predicted octanol–water partition coefficient (Wildman–Crippen LogP) is -1.28. The molecule has 14 heteroatoms. The van der Waals surface area contributed by atoms with Crippen molar-refractivity contribution in [1.29, 1.82) is 0 Å². The zero-order chi connectivity index (χ0) is 21.4. The lowest BCUT2D eigenvalue weighted by atomic mass is 10.4. The number of allylic oxidation sites excluding steroid dienone is 1. The average molecular weight is 421 g/mol. The summed E-state index contributed by atoms with van der Waals surface area (Å²) in [7, 11) is 0. The molecule has 0 saturated heterocycles. The van der Waals surface area contributed by atoms with Crippen LogP contribution in [-0.4, -0.2) is 13.7 Å². The van der Waals surface area contributed by atoms with Crippen molar-refractivity contribution in [2.75, 3.05) is 0 Å². The van der Waals surface area contributed by atoms with Gasteiger partial charge in [-0.15, -0.1) is 0 Å². The molecule has 0 fully saturated rings. The van der Waals surface area contributed by atoms with Crippen LogP contribution in [0.4, 0.5) is 0 Å². The second-order valence-electron chi connectivity index (χ2n) is 5.89. The smallest absolute Gasteiger partial charge is 0.431 e. The van der Waals surface area contributed by atoms with Crippen molar-refractivity contribution in [2.45, 2.75) is 19.6 Å². The van der Waals surface area contributed by atoms with Crippen LogP contribution in [0.25, 0.3) is 0 Å². The van der Waals surface area contributed by atoms with Gasteiger partial charge in [-0.05, 0) is 6.58 Å². The summed E-state index contributed by atoms with van der Waals surface area (Å²) in [4.78, 5) is 60.6. The molecule has 0 atom stereocenters. The molecule has 0 amide bonds. The van der Waals surface area contributed by atoms with E-state index in [4.69, 9.17) is 18.3 Å². The number of hydrogen-bond donors (Lipinski definition) is 0. The summed E-state index contributed by atoms with van der Waals surface area (Å²) < 4.78 is 30.4. The highest BCUT2D eigenvalue weighted by atomic mass is 16.7. The summed E-state index contributed by atoms with van der Waals surface area (Å²) in [5.74, 6) is -2.34. The Morgan fingerprint density at radius 1 is 0.733 bits per heavy atom. The van der Waals surface area contributed by atoms with Crippen molar-refractivity contribution in [3.05, 3.63) is 101 Å². The first kappa shape index (κ1) is 18.9. The average Bonchev–Trinajstić information content (AvgIpc) is 3.42. The van der Waals surface area contributed by atoms with E-state index >= 15 is 0 Å². The van der Waals surface area contributed by atoms with E-state index < -0.39 is 48.3 Å². The van der Waals surface area contributed by atoms with Gasteiger partial charge in [0.1, 0.15) is 18.8 Å². The van der Waals surface area contributed by atoms with Crippen LogP contribution < -0.4 is 28.7 Å². The summed E-state index contributed by atoms with van der Waals surface area (Å²) in [6, 6.07) is 0. The maximum atomic E-state index is 12.8. The van der Waals surface area contributed by atoms with Crippen molar-refractivity contribution >= 4 is 0 Å². The van der Waals surface area contributed by atoms with Gasteiger partial charge in [-0.2, -0.15) is 0 Å². The second-order valence-corrected chi connectivity index (χ2v) is 5.89. The molecule has 3 aromatic rings. The van der Waals surface area contributed by atoms with Crippen LogP contribution >= 0.6 is 0 Å². The van der Waals surface area contributed by atoms with Gasteiger partial charge in [0.2, 0.25) is 0 Å². The van der Waals surface area contributed by atoms with Crippen LogP contribution in [0.1, 0.15) is 11.5 Å². The first-order valence-corrected chi connectivity index (χ1v) is 8.14. The molecule has 1 aliphatic heterocycles. The third kappa shape index (κ3) is 3.48. The van der Waals surface area contributed by atoms with Crippen molar-refractivity contribution in [1.82, 2.24) is 13.7 Å². The van der Waals surface area contributed by atoms with Crippen LogP contribution in [0.3, 0.4) is 0 Å². The van der Waals surface area contributed by atoms with Crippen LogP contribution in [0, 0.1) is 0 Å². The van der Waals surface area contributed by atoms with E-state index in [0.717, 1.165) is 18.8 Å². The van der Waals surface area contributed by atoms with Gasteiger partial charge in [0.15, 0.2) is 17.3 Å². The fourth-order valence-electron chi connectivity index (χ4n) is 2.63. The van der Waals surface area contributed by atoms with Crippen LogP contribution in [0.2, 0.25) is 0 Å². The first-order valence-electron chi connectivity index (χ1n) is 8.14. The van der Waals surface area contributed by atoms with Crippen molar-refractivity contribution in [2.24, 2.45) is 0 Å². The number of rotatable bonds is 6. The van der Waals surface area contributed by atoms with E-state index in [1.165, 1.54) is 0 Å². The Bertz CT molecular complexity index is 1360. The Morgan fingerprint density at radius 3 is 1.57 bits per heavy atom. The fourth-order valence-corrected chi connectivity index (χ4v) is 2.63. The molecule has 30 heavy (non-hydrogen) atoms. The van der Waals surface area contributed by atoms with Crippen LogP contribution in [0.5, 0.6) is 0 Å². The third-order valence-electron chi connectivity index (χ3n) is 3.90. The molecule has 4 rings (SSSR count). The van der Waals surface area contributed by atoms with E-state index in [-0.39, 0.29) is 23.2 Å². The SMILES string of the molecule is C=C1OC=C(Cn2c(=O)n(Cc3coc(=O)o3)c(=O)n(Cc3coc(=O)o3)c2=O)O1. The highest BCUT2D eigenvalue weighted by Gasteiger charge is 2.21. The molecule has 14 nitrogen and oxygen atoms in total. The maximum absolute atomic E-state index is 12.8. The largest absolute Gasteiger partial charge is 0.518 e. The number of ether oxygens (including phenoxy) is 2. The molecule has 0 N–H and O–H groups in total. The summed E-state index contributed by atoms with van der Waals surface area (Å²) >= 11 is 0. The number of aromatic nitrogens is 3. The first-order chi connectivity index (χ1) is 14.3. The molecule has 0 unspecified atom stereocenters. The molecular weight excluding hydrogens is 410 g/mol. The third-order valence-corrected chi connectivity index (χ3v) is 3.90. The van der Waals surface area contributed by atoms with Gasteiger partial charge >= 0.3 is 28.7 Å². The number of hydrogen-bond acceptors (Lipinski definition) is 11. The lowest BCUT2D eigenvalue weighted by Gasteiger charge is -2.12. The highest BCUT2D eigenvalue weighted by Crippen LogP contribution is 2.15. The fraction of sp³-hybridized carbons (Fsp3) is 0.188. The summed E-state index contributed by atoms with van der Waals surface area (Å²) in [6.07, 6.45) is 2.98. The Balaban J connectivity index is 1.85. The molecule has 0 spiro atoms. The van der Waals surface area contributed by atoms with E-state index in [2.05, 4.69) is 15.4 Å². The van der Waals surface area contributed by atoms with E-state index in [9.17, 15) is 24.0 Å². The van der Waals surface area contributed by atoms with Crippen molar-refractivity contribution in [3.63, 3.8) is 0 Å². The quantitative estimate of drug-likeness (QED) is 0.464. The molecule has 4 heterocycles. The predicted molar refractivity (Wildman–Crippen MR) is 91.3 cm³/mol. The topological polar surface area (TPSA) is 171 Å². The van der Waals surface area contributed by atoms with Gasteiger partial charge in [0.05, 0.1) is 19.6 Å². The van der Waals surface area contributed by atoms with Crippen molar-refractivity contribution < 1.29 is 27.1 Å². The summed E-state index contributed by atoms with van der Waals surface area (Å²) in [5, 5.41) is 0.